The third-order valence-electron chi connectivity index (χ3n) is 3.67. The van der Waals surface area contributed by atoms with Crippen molar-refractivity contribution in [3.05, 3.63) is 0 Å². The fourth-order valence-corrected chi connectivity index (χ4v) is 2.63. The second kappa shape index (κ2) is 7.48. The molecule has 5 heteroatoms. The van der Waals surface area contributed by atoms with Gasteiger partial charge in [-0.2, -0.15) is 0 Å². The molecule has 1 fully saturated rings. The largest absolute Gasteiger partial charge is 0.357 e. The van der Waals surface area contributed by atoms with Gasteiger partial charge in [-0.15, -0.1) is 0 Å². The Bertz CT molecular complexity index is 318. The summed E-state index contributed by atoms with van der Waals surface area (Å²) in [5, 5.41) is 5.49. The van der Waals surface area contributed by atoms with E-state index >= 15 is 0 Å². The minimum absolute atomic E-state index is 0.0237. The molecule has 1 aliphatic carbocycles. The van der Waals surface area contributed by atoms with Gasteiger partial charge in [-0.1, -0.05) is 20.3 Å². The monoisotopic (exact) mass is 269 g/mol. The Kier molecular flexibility index (Phi) is 6.28. The summed E-state index contributed by atoms with van der Waals surface area (Å²) in [6.07, 6.45) is 4.25. The molecule has 1 rings (SSSR count). The van der Waals surface area contributed by atoms with E-state index in [1.807, 2.05) is 13.8 Å². The van der Waals surface area contributed by atoms with Crippen LogP contribution in [0.5, 0.6) is 0 Å². The SMILES string of the molecule is CNC(=O)C(CC(C)C)NC(=O)C1CCCC(N)C1. The first-order valence-electron chi connectivity index (χ1n) is 7.21. The highest BCUT2D eigenvalue weighted by Crippen LogP contribution is 2.23. The number of nitrogens with two attached hydrogens (primary N) is 1. The van der Waals surface area contributed by atoms with Crippen LogP contribution in [-0.2, 0) is 9.59 Å². The number of hydrogen-bond acceptors (Lipinski definition) is 3. The molecule has 0 bridgehead atoms. The maximum atomic E-state index is 12.2. The second-order valence-corrected chi connectivity index (χ2v) is 5.93. The van der Waals surface area contributed by atoms with Crippen LogP contribution in [0.4, 0.5) is 0 Å². The van der Waals surface area contributed by atoms with E-state index in [0.29, 0.717) is 12.3 Å². The molecule has 110 valence electrons. The fraction of sp³-hybridized carbons (Fsp3) is 0.857. The van der Waals surface area contributed by atoms with Gasteiger partial charge in [0.25, 0.3) is 0 Å². The van der Waals surface area contributed by atoms with E-state index in [1.54, 1.807) is 7.05 Å². The van der Waals surface area contributed by atoms with Crippen LogP contribution < -0.4 is 16.4 Å². The van der Waals surface area contributed by atoms with Crippen molar-refractivity contribution in [1.29, 1.82) is 0 Å². The fourth-order valence-electron chi connectivity index (χ4n) is 2.63. The van der Waals surface area contributed by atoms with Gasteiger partial charge >= 0.3 is 0 Å². The lowest BCUT2D eigenvalue weighted by molar-refractivity contribution is -0.132. The minimum Gasteiger partial charge on any atom is -0.357 e. The van der Waals surface area contributed by atoms with E-state index in [0.717, 1.165) is 25.7 Å². The standard InChI is InChI=1S/C14H27N3O2/c1-9(2)7-12(14(19)16-3)17-13(18)10-5-4-6-11(15)8-10/h9-12H,4-8,15H2,1-3H3,(H,16,19)(H,17,18). The van der Waals surface area contributed by atoms with Crippen molar-refractivity contribution < 1.29 is 9.59 Å². The molecule has 5 nitrogen and oxygen atoms in total. The molecule has 0 spiro atoms. The summed E-state index contributed by atoms with van der Waals surface area (Å²) >= 11 is 0. The van der Waals surface area contributed by atoms with Gasteiger partial charge in [-0.3, -0.25) is 9.59 Å². The topological polar surface area (TPSA) is 84.2 Å². The van der Waals surface area contributed by atoms with Crippen molar-refractivity contribution in [2.75, 3.05) is 7.05 Å². The first-order chi connectivity index (χ1) is 8.93. The van der Waals surface area contributed by atoms with E-state index in [9.17, 15) is 9.59 Å². The molecule has 0 aromatic rings. The van der Waals surface area contributed by atoms with Crippen molar-refractivity contribution in [3.8, 4) is 0 Å². The second-order valence-electron chi connectivity index (χ2n) is 5.93. The molecule has 3 atom stereocenters. The van der Waals surface area contributed by atoms with Gasteiger partial charge < -0.3 is 16.4 Å². The van der Waals surface area contributed by atoms with Crippen LogP contribution in [0, 0.1) is 11.8 Å². The predicted octanol–water partition coefficient (Wildman–Crippen LogP) is 0.781. The molecule has 3 unspecified atom stereocenters. The predicted molar refractivity (Wildman–Crippen MR) is 75.4 cm³/mol. The number of carbonyl (C=O) groups is 2. The molecule has 1 saturated carbocycles. The summed E-state index contributed by atoms with van der Waals surface area (Å²) in [4.78, 5) is 24.0. The maximum Gasteiger partial charge on any atom is 0.242 e. The lowest BCUT2D eigenvalue weighted by Crippen LogP contribution is -2.49. The van der Waals surface area contributed by atoms with E-state index in [1.165, 1.54) is 0 Å². The highest BCUT2D eigenvalue weighted by atomic mass is 16.2. The van der Waals surface area contributed by atoms with Crippen molar-refractivity contribution in [1.82, 2.24) is 10.6 Å². The Morgan fingerprint density at radius 2 is 2.00 bits per heavy atom. The molecule has 2 amide bonds. The maximum absolute atomic E-state index is 12.2. The van der Waals surface area contributed by atoms with Crippen LogP contribution in [0.1, 0.15) is 46.0 Å². The lowest BCUT2D eigenvalue weighted by Gasteiger charge is -2.28. The smallest absolute Gasteiger partial charge is 0.242 e. The summed E-state index contributed by atoms with van der Waals surface area (Å²) in [5.74, 6) is 0.172. The first kappa shape index (κ1) is 16.0. The summed E-state index contributed by atoms with van der Waals surface area (Å²) < 4.78 is 0. The quantitative estimate of drug-likeness (QED) is 0.689. The molecular weight excluding hydrogens is 242 g/mol. The summed E-state index contributed by atoms with van der Waals surface area (Å²) in [6.45, 7) is 4.08. The van der Waals surface area contributed by atoms with E-state index < -0.39 is 6.04 Å². The summed E-state index contributed by atoms with van der Waals surface area (Å²) in [5.41, 5.74) is 5.90. The zero-order chi connectivity index (χ0) is 14.4. The Hall–Kier alpha value is -1.10. The lowest BCUT2D eigenvalue weighted by atomic mass is 9.85. The molecule has 0 radical (unpaired) electrons. The van der Waals surface area contributed by atoms with E-state index in [-0.39, 0.29) is 23.8 Å². The Balaban J connectivity index is 2.57. The van der Waals surface area contributed by atoms with Crippen LogP contribution in [-0.4, -0.2) is 30.9 Å². The van der Waals surface area contributed by atoms with E-state index in [4.69, 9.17) is 5.73 Å². The molecule has 19 heavy (non-hydrogen) atoms. The third kappa shape index (κ3) is 5.19. The molecule has 0 aromatic carbocycles. The van der Waals surface area contributed by atoms with Crippen molar-refractivity contribution in [3.63, 3.8) is 0 Å². The number of nitrogens with one attached hydrogen (secondary N) is 2. The molecule has 1 aliphatic rings. The van der Waals surface area contributed by atoms with Crippen LogP contribution in [0.3, 0.4) is 0 Å². The van der Waals surface area contributed by atoms with Crippen molar-refractivity contribution in [2.45, 2.75) is 58.0 Å². The first-order valence-corrected chi connectivity index (χ1v) is 7.21. The number of amides is 2. The van der Waals surface area contributed by atoms with Crippen LogP contribution in [0.15, 0.2) is 0 Å². The van der Waals surface area contributed by atoms with Crippen molar-refractivity contribution >= 4 is 11.8 Å². The summed E-state index contributed by atoms with van der Waals surface area (Å²) in [7, 11) is 1.60. The molecular formula is C14H27N3O2. The van der Waals surface area contributed by atoms with Gasteiger partial charge in [0.15, 0.2) is 0 Å². The van der Waals surface area contributed by atoms with Gasteiger partial charge in [0.1, 0.15) is 6.04 Å². The average Bonchev–Trinajstić information content (AvgIpc) is 2.36. The number of likely N-dealkylation sites (N-methyl/N-ethyl adjacent to an activating group) is 1. The van der Waals surface area contributed by atoms with Crippen LogP contribution in [0.25, 0.3) is 0 Å². The normalized spacial score (nSPS) is 24.9. The molecule has 0 aliphatic heterocycles. The Labute approximate surface area is 115 Å². The number of hydrogen-bond donors (Lipinski definition) is 3. The van der Waals surface area contributed by atoms with E-state index in [2.05, 4.69) is 10.6 Å². The Morgan fingerprint density at radius 1 is 1.32 bits per heavy atom. The van der Waals surface area contributed by atoms with Crippen LogP contribution >= 0.6 is 0 Å². The molecule has 0 heterocycles. The molecule has 0 aromatic heterocycles. The van der Waals surface area contributed by atoms with Gasteiger partial charge in [-0.25, -0.2) is 0 Å². The number of carbonyl (C=O) groups excluding carboxylic acids is 2. The van der Waals surface area contributed by atoms with Gasteiger partial charge in [0.05, 0.1) is 0 Å². The molecule has 4 N–H and O–H groups in total. The van der Waals surface area contributed by atoms with Gasteiger partial charge in [0, 0.05) is 19.0 Å². The number of rotatable bonds is 5. The van der Waals surface area contributed by atoms with Gasteiger partial charge in [-0.05, 0) is 31.6 Å². The zero-order valence-corrected chi connectivity index (χ0v) is 12.2. The zero-order valence-electron chi connectivity index (χ0n) is 12.2. The average molecular weight is 269 g/mol. The summed E-state index contributed by atoms with van der Waals surface area (Å²) in [6, 6.07) is -0.316. The Morgan fingerprint density at radius 3 is 2.53 bits per heavy atom. The van der Waals surface area contributed by atoms with Gasteiger partial charge in [0.2, 0.25) is 11.8 Å². The van der Waals surface area contributed by atoms with Crippen molar-refractivity contribution in [2.24, 2.45) is 17.6 Å². The minimum atomic E-state index is -0.435. The molecule has 0 saturated heterocycles. The van der Waals surface area contributed by atoms with Crippen LogP contribution in [0.2, 0.25) is 0 Å². The highest BCUT2D eigenvalue weighted by molar-refractivity contribution is 5.88. The highest BCUT2D eigenvalue weighted by Gasteiger charge is 2.28. The third-order valence-corrected chi connectivity index (χ3v) is 3.67.